The Hall–Kier alpha value is -1.45. The summed E-state index contributed by atoms with van der Waals surface area (Å²) in [6, 6.07) is 17.3. The van der Waals surface area contributed by atoms with Gasteiger partial charge in [0.05, 0.1) is 10.8 Å². The number of nitrogens with two attached hydrogens (primary N) is 1. The quantitative estimate of drug-likeness (QED) is 0.917. The van der Waals surface area contributed by atoms with E-state index in [1.165, 1.54) is 5.56 Å². The Labute approximate surface area is 110 Å². The second-order valence-corrected chi connectivity index (χ2v) is 5.84. The average Bonchev–Trinajstić information content (AvgIpc) is 2.40. The van der Waals surface area contributed by atoms with Crippen LogP contribution in [0.15, 0.2) is 59.5 Å². The van der Waals surface area contributed by atoms with Crippen molar-refractivity contribution in [3.05, 3.63) is 65.7 Å². The highest BCUT2D eigenvalue weighted by molar-refractivity contribution is 7.85. The zero-order chi connectivity index (χ0) is 13.0. The molecule has 0 aliphatic heterocycles. The minimum absolute atomic E-state index is 0.188. The number of benzene rings is 2. The summed E-state index contributed by atoms with van der Waals surface area (Å²) >= 11 is 0. The van der Waals surface area contributed by atoms with E-state index in [1.807, 2.05) is 61.5 Å². The first-order chi connectivity index (χ1) is 8.66. The molecule has 0 saturated carbocycles. The molecule has 0 aliphatic carbocycles. The third kappa shape index (κ3) is 3.28. The number of hydrogen-bond donors (Lipinski definition) is 1. The Morgan fingerprint density at radius 3 is 2.28 bits per heavy atom. The fourth-order valence-corrected chi connectivity index (χ4v) is 2.91. The Kier molecular flexibility index (Phi) is 4.28. The van der Waals surface area contributed by atoms with Gasteiger partial charge in [-0.25, -0.2) is 0 Å². The van der Waals surface area contributed by atoms with Gasteiger partial charge in [-0.05, 0) is 24.6 Å². The first kappa shape index (κ1) is 13.0. The summed E-state index contributed by atoms with van der Waals surface area (Å²) < 4.78 is 12.1. The molecule has 2 nitrogen and oxygen atoms in total. The summed E-state index contributed by atoms with van der Waals surface area (Å²) in [5, 5.41) is 0. The molecular weight excluding hydrogens is 242 g/mol. The molecule has 0 radical (unpaired) electrons. The highest BCUT2D eigenvalue weighted by Crippen LogP contribution is 2.15. The van der Waals surface area contributed by atoms with Crippen molar-refractivity contribution in [3.63, 3.8) is 0 Å². The van der Waals surface area contributed by atoms with Crippen LogP contribution in [0.1, 0.15) is 17.2 Å². The van der Waals surface area contributed by atoms with Crippen LogP contribution in [0.5, 0.6) is 0 Å². The normalized spacial score (nSPS) is 14.1. The molecule has 94 valence electrons. The van der Waals surface area contributed by atoms with Crippen molar-refractivity contribution in [2.75, 3.05) is 5.75 Å². The van der Waals surface area contributed by atoms with Crippen molar-refractivity contribution >= 4 is 10.8 Å². The summed E-state index contributed by atoms with van der Waals surface area (Å²) in [6.45, 7) is 2.04. The van der Waals surface area contributed by atoms with Crippen molar-refractivity contribution < 1.29 is 4.21 Å². The molecule has 3 heteroatoms. The Morgan fingerprint density at radius 2 is 1.67 bits per heavy atom. The van der Waals surface area contributed by atoms with E-state index in [0.29, 0.717) is 5.75 Å². The van der Waals surface area contributed by atoms with Gasteiger partial charge in [0, 0.05) is 16.7 Å². The summed E-state index contributed by atoms with van der Waals surface area (Å²) in [5.74, 6) is 0.451. The van der Waals surface area contributed by atoms with Crippen LogP contribution in [-0.2, 0) is 10.8 Å². The first-order valence-corrected chi connectivity index (χ1v) is 7.24. The first-order valence-electron chi connectivity index (χ1n) is 5.92. The molecule has 2 aromatic carbocycles. The van der Waals surface area contributed by atoms with Gasteiger partial charge in [-0.1, -0.05) is 48.0 Å². The van der Waals surface area contributed by atoms with E-state index in [1.54, 1.807) is 0 Å². The van der Waals surface area contributed by atoms with Gasteiger partial charge < -0.3 is 5.73 Å². The van der Waals surface area contributed by atoms with Gasteiger partial charge in [-0.15, -0.1) is 0 Å². The lowest BCUT2D eigenvalue weighted by molar-refractivity contribution is 0.675. The van der Waals surface area contributed by atoms with E-state index in [0.717, 1.165) is 10.5 Å². The summed E-state index contributed by atoms with van der Waals surface area (Å²) in [5.41, 5.74) is 8.33. The SMILES string of the molecule is Cc1ccc(C(N)CS(=O)c2ccccc2)cc1. The fraction of sp³-hybridized carbons (Fsp3) is 0.200. The van der Waals surface area contributed by atoms with Gasteiger partial charge in [-0.3, -0.25) is 4.21 Å². The molecule has 0 aromatic heterocycles. The minimum Gasteiger partial charge on any atom is -0.323 e. The van der Waals surface area contributed by atoms with E-state index in [2.05, 4.69) is 0 Å². The van der Waals surface area contributed by atoms with Crippen molar-refractivity contribution in [1.29, 1.82) is 0 Å². The van der Waals surface area contributed by atoms with E-state index in [9.17, 15) is 4.21 Å². The van der Waals surface area contributed by atoms with Gasteiger partial charge in [-0.2, -0.15) is 0 Å². The van der Waals surface area contributed by atoms with Crippen molar-refractivity contribution in [2.24, 2.45) is 5.73 Å². The number of hydrogen-bond acceptors (Lipinski definition) is 2. The summed E-state index contributed by atoms with van der Waals surface area (Å²) in [7, 11) is -1.04. The maximum Gasteiger partial charge on any atom is 0.0548 e. The number of aryl methyl sites for hydroxylation is 1. The third-order valence-corrected chi connectivity index (χ3v) is 4.30. The largest absolute Gasteiger partial charge is 0.323 e. The van der Waals surface area contributed by atoms with Gasteiger partial charge >= 0.3 is 0 Å². The predicted molar refractivity (Wildman–Crippen MR) is 75.8 cm³/mol. The lowest BCUT2D eigenvalue weighted by atomic mass is 10.1. The van der Waals surface area contributed by atoms with E-state index >= 15 is 0 Å². The fourth-order valence-electron chi connectivity index (χ4n) is 1.74. The van der Waals surface area contributed by atoms with Crippen LogP contribution in [0, 0.1) is 6.92 Å². The monoisotopic (exact) mass is 259 g/mol. The molecular formula is C15H17NOS. The van der Waals surface area contributed by atoms with Crippen LogP contribution in [0.4, 0.5) is 0 Å². The lowest BCUT2D eigenvalue weighted by Crippen LogP contribution is -2.18. The third-order valence-electron chi connectivity index (χ3n) is 2.84. The molecule has 0 heterocycles. The predicted octanol–water partition coefficient (Wildman–Crippen LogP) is 2.80. The molecule has 0 bridgehead atoms. The molecule has 0 aliphatic rings. The van der Waals surface area contributed by atoms with Crippen molar-refractivity contribution in [2.45, 2.75) is 17.9 Å². The van der Waals surface area contributed by atoms with Crippen molar-refractivity contribution in [1.82, 2.24) is 0 Å². The van der Waals surface area contributed by atoms with Crippen LogP contribution in [0.25, 0.3) is 0 Å². The summed E-state index contributed by atoms with van der Waals surface area (Å²) in [4.78, 5) is 0.833. The maximum atomic E-state index is 12.1. The molecule has 2 N–H and O–H groups in total. The maximum absolute atomic E-state index is 12.1. The van der Waals surface area contributed by atoms with Crippen LogP contribution in [-0.4, -0.2) is 9.96 Å². The zero-order valence-corrected chi connectivity index (χ0v) is 11.2. The molecule has 2 atom stereocenters. The van der Waals surface area contributed by atoms with Gasteiger partial charge in [0.1, 0.15) is 0 Å². The van der Waals surface area contributed by atoms with Gasteiger partial charge in [0.2, 0.25) is 0 Å². The minimum atomic E-state index is -1.04. The van der Waals surface area contributed by atoms with Crippen LogP contribution in [0.2, 0.25) is 0 Å². The Morgan fingerprint density at radius 1 is 1.06 bits per heavy atom. The Balaban J connectivity index is 2.06. The smallest absolute Gasteiger partial charge is 0.0548 e. The molecule has 2 rings (SSSR count). The van der Waals surface area contributed by atoms with E-state index in [4.69, 9.17) is 5.73 Å². The Bertz CT molecular complexity index is 522. The molecule has 2 aromatic rings. The summed E-state index contributed by atoms with van der Waals surface area (Å²) in [6.07, 6.45) is 0. The molecule has 18 heavy (non-hydrogen) atoms. The second kappa shape index (κ2) is 5.94. The topological polar surface area (TPSA) is 43.1 Å². The molecule has 0 amide bonds. The van der Waals surface area contributed by atoms with Crippen molar-refractivity contribution in [3.8, 4) is 0 Å². The van der Waals surface area contributed by atoms with E-state index in [-0.39, 0.29) is 6.04 Å². The van der Waals surface area contributed by atoms with Gasteiger partial charge in [0.25, 0.3) is 0 Å². The zero-order valence-electron chi connectivity index (χ0n) is 10.4. The highest BCUT2D eigenvalue weighted by atomic mass is 32.2. The van der Waals surface area contributed by atoms with E-state index < -0.39 is 10.8 Å². The molecule has 2 unspecified atom stereocenters. The lowest BCUT2D eigenvalue weighted by Gasteiger charge is -2.12. The standard InChI is InChI=1S/C15H17NOS/c1-12-7-9-13(10-8-12)15(16)11-18(17)14-5-3-2-4-6-14/h2-10,15H,11,16H2,1H3. The average molecular weight is 259 g/mol. The molecule has 0 spiro atoms. The second-order valence-electron chi connectivity index (χ2n) is 4.34. The van der Waals surface area contributed by atoms with Crippen LogP contribution in [0.3, 0.4) is 0 Å². The van der Waals surface area contributed by atoms with Gasteiger partial charge in [0.15, 0.2) is 0 Å². The van der Waals surface area contributed by atoms with Crippen LogP contribution >= 0.6 is 0 Å². The molecule has 0 fully saturated rings. The van der Waals surface area contributed by atoms with Crippen LogP contribution < -0.4 is 5.73 Å². The number of rotatable bonds is 4. The highest BCUT2D eigenvalue weighted by Gasteiger charge is 2.11. The molecule has 0 saturated heterocycles.